The number of amides is 1. The van der Waals surface area contributed by atoms with Crippen LogP contribution in [0.5, 0.6) is 5.75 Å². The predicted molar refractivity (Wildman–Crippen MR) is 99.8 cm³/mol. The minimum absolute atomic E-state index is 0.0261. The first-order chi connectivity index (χ1) is 12.6. The Morgan fingerprint density at radius 1 is 1.30 bits per heavy atom. The van der Waals surface area contributed by atoms with E-state index in [0.717, 1.165) is 6.07 Å². The fraction of sp³-hybridized carbons (Fsp3) is 0.562. The quantitative estimate of drug-likeness (QED) is 0.588. The van der Waals surface area contributed by atoms with Crippen LogP contribution in [0.4, 0.5) is 5.69 Å². The third-order valence-electron chi connectivity index (χ3n) is 3.81. The van der Waals surface area contributed by atoms with Crippen molar-refractivity contribution in [2.24, 2.45) is 0 Å². The zero-order valence-electron chi connectivity index (χ0n) is 15.5. The molecule has 1 N–H and O–H groups in total. The lowest BCUT2D eigenvalue weighted by molar-refractivity contribution is -0.116. The molecular weight excluding hydrogens is 396 g/mol. The molecule has 1 aliphatic rings. The maximum absolute atomic E-state index is 12.6. The lowest BCUT2D eigenvalue weighted by Gasteiger charge is -2.18. The zero-order chi connectivity index (χ0) is 20.2. The van der Waals surface area contributed by atoms with Crippen molar-refractivity contribution in [3.8, 4) is 5.75 Å². The molecule has 0 saturated carbocycles. The lowest BCUT2D eigenvalue weighted by Crippen LogP contribution is -2.30. The average molecular weight is 421 g/mol. The van der Waals surface area contributed by atoms with Crippen molar-refractivity contribution in [1.29, 1.82) is 0 Å². The van der Waals surface area contributed by atoms with Crippen LogP contribution in [0.2, 0.25) is 0 Å². The predicted octanol–water partition coefficient (Wildman–Crippen LogP) is 0.855. The van der Waals surface area contributed by atoms with Gasteiger partial charge in [-0.15, -0.1) is 0 Å². The maximum Gasteiger partial charge on any atom is 0.244 e. The minimum Gasteiger partial charge on any atom is -0.495 e. The molecule has 1 heterocycles. The molecule has 152 valence electrons. The molecule has 2 rings (SSSR count). The highest BCUT2D eigenvalue weighted by Crippen LogP contribution is 2.32. The van der Waals surface area contributed by atoms with Crippen LogP contribution in [0.25, 0.3) is 0 Å². The van der Waals surface area contributed by atoms with Crippen molar-refractivity contribution in [2.45, 2.75) is 37.7 Å². The summed E-state index contributed by atoms with van der Waals surface area (Å²) in [5.41, 5.74) is -0.0261. The van der Waals surface area contributed by atoms with E-state index in [-0.39, 0.29) is 41.2 Å². The van der Waals surface area contributed by atoms with E-state index < -0.39 is 26.0 Å². The van der Waals surface area contributed by atoms with Crippen molar-refractivity contribution in [2.75, 3.05) is 30.3 Å². The number of methoxy groups -OCH3 is 1. The van der Waals surface area contributed by atoms with Crippen LogP contribution >= 0.6 is 0 Å². The fourth-order valence-corrected chi connectivity index (χ4v) is 5.26. The van der Waals surface area contributed by atoms with Crippen LogP contribution in [0.3, 0.4) is 0 Å². The number of nitrogens with one attached hydrogen (secondary N) is 1. The summed E-state index contributed by atoms with van der Waals surface area (Å²) in [7, 11) is -6.46. The normalized spacial score (nSPS) is 16.9. The second kappa shape index (κ2) is 8.55. The summed E-state index contributed by atoms with van der Waals surface area (Å²) in [6.07, 6.45) is 0.390. The molecule has 1 amide bonds. The van der Waals surface area contributed by atoms with E-state index in [4.69, 9.17) is 9.47 Å². The van der Waals surface area contributed by atoms with Gasteiger partial charge in [0.15, 0.2) is 0 Å². The highest BCUT2D eigenvalue weighted by Gasteiger charge is 2.37. The van der Waals surface area contributed by atoms with Gasteiger partial charge in [0.2, 0.25) is 26.0 Å². The minimum atomic E-state index is -3.97. The Labute approximate surface area is 159 Å². The molecule has 9 nitrogen and oxygen atoms in total. The van der Waals surface area contributed by atoms with E-state index in [2.05, 4.69) is 4.72 Å². The van der Waals surface area contributed by atoms with Crippen LogP contribution in [0, 0.1) is 0 Å². The fourth-order valence-electron chi connectivity index (χ4n) is 2.55. The summed E-state index contributed by atoms with van der Waals surface area (Å²) in [6.45, 7) is 4.31. The molecule has 0 bridgehead atoms. The Morgan fingerprint density at radius 3 is 2.56 bits per heavy atom. The van der Waals surface area contributed by atoms with E-state index in [1.54, 1.807) is 0 Å². The van der Waals surface area contributed by atoms with Gasteiger partial charge in [0, 0.05) is 19.6 Å². The largest absolute Gasteiger partial charge is 0.495 e. The molecule has 11 heteroatoms. The summed E-state index contributed by atoms with van der Waals surface area (Å²) in [6, 6.07) is 3.80. The number of ether oxygens (including phenoxy) is 2. The Bertz CT molecular complexity index is 895. The zero-order valence-corrected chi connectivity index (χ0v) is 17.1. The summed E-state index contributed by atoms with van der Waals surface area (Å²) in [5, 5.41) is 0. The number of anilines is 1. The van der Waals surface area contributed by atoms with Gasteiger partial charge in [0.1, 0.15) is 10.6 Å². The summed E-state index contributed by atoms with van der Waals surface area (Å²) < 4.78 is 63.0. The van der Waals surface area contributed by atoms with Gasteiger partial charge in [-0.25, -0.2) is 25.9 Å². The number of benzene rings is 1. The van der Waals surface area contributed by atoms with Crippen LogP contribution in [0.15, 0.2) is 23.1 Å². The molecule has 27 heavy (non-hydrogen) atoms. The molecule has 1 saturated heterocycles. The van der Waals surface area contributed by atoms with Gasteiger partial charge in [-0.05, 0) is 38.5 Å². The summed E-state index contributed by atoms with van der Waals surface area (Å²) in [5.74, 6) is -0.843. The first-order valence-corrected chi connectivity index (χ1v) is 11.5. The van der Waals surface area contributed by atoms with Crippen molar-refractivity contribution < 1.29 is 31.1 Å². The molecule has 1 aromatic carbocycles. The molecule has 0 radical (unpaired) electrons. The Balaban J connectivity index is 2.25. The van der Waals surface area contributed by atoms with Crippen molar-refractivity contribution in [1.82, 2.24) is 4.72 Å². The van der Waals surface area contributed by atoms with Gasteiger partial charge in [-0.3, -0.25) is 4.79 Å². The van der Waals surface area contributed by atoms with Crippen LogP contribution in [-0.2, 0) is 29.6 Å². The molecule has 1 fully saturated rings. The number of hydrogen-bond donors (Lipinski definition) is 1. The van der Waals surface area contributed by atoms with Gasteiger partial charge in [-0.1, -0.05) is 0 Å². The smallest absolute Gasteiger partial charge is 0.244 e. The molecule has 0 aromatic heterocycles. The van der Waals surface area contributed by atoms with Gasteiger partial charge in [0.05, 0.1) is 24.7 Å². The molecule has 0 aliphatic carbocycles. The van der Waals surface area contributed by atoms with E-state index >= 15 is 0 Å². The van der Waals surface area contributed by atoms with Crippen LogP contribution in [-0.4, -0.2) is 54.9 Å². The number of sulfonamides is 2. The maximum atomic E-state index is 12.6. The van der Waals surface area contributed by atoms with Crippen molar-refractivity contribution in [3.05, 3.63) is 18.2 Å². The number of carbonyl (C=O) groups is 1. The average Bonchev–Trinajstić information content (AvgIpc) is 2.86. The third kappa shape index (κ3) is 5.18. The number of nitrogens with zero attached hydrogens (tertiary/aromatic N) is 1. The second-order valence-electron chi connectivity index (χ2n) is 6.23. The molecule has 1 aromatic rings. The highest BCUT2D eigenvalue weighted by atomic mass is 32.2. The molecule has 0 unspecified atom stereocenters. The molecular formula is C16H24N2O7S2. The van der Waals surface area contributed by atoms with Gasteiger partial charge < -0.3 is 9.47 Å². The molecule has 0 spiro atoms. The van der Waals surface area contributed by atoms with E-state index in [1.807, 2.05) is 13.8 Å². The van der Waals surface area contributed by atoms with E-state index in [9.17, 15) is 21.6 Å². The van der Waals surface area contributed by atoms with Gasteiger partial charge >= 0.3 is 0 Å². The molecule has 0 atom stereocenters. The standard InChI is InChI=1S/C16H24N2O7S2/c1-12(2)25-9-4-8-17-27(22,23)15-11-13(5-6-14(15)24-3)18-16(19)7-10-26(18,20)21/h5-6,11-12,17H,4,7-10H2,1-3H3. The van der Waals surface area contributed by atoms with Gasteiger partial charge in [0.25, 0.3) is 0 Å². The van der Waals surface area contributed by atoms with Gasteiger partial charge in [-0.2, -0.15) is 0 Å². The Hall–Kier alpha value is -1.69. The second-order valence-corrected chi connectivity index (χ2v) is 9.90. The Morgan fingerprint density at radius 2 is 2.00 bits per heavy atom. The topological polar surface area (TPSA) is 119 Å². The SMILES string of the molecule is COc1ccc(N2C(=O)CCS2(=O)=O)cc1S(=O)(=O)NCCCOC(C)C. The van der Waals surface area contributed by atoms with Crippen LogP contribution in [0.1, 0.15) is 26.7 Å². The summed E-state index contributed by atoms with van der Waals surface area (Å²) in [4.78, 5) is 11.7. The van der Waals surface area contributed by atoms with Crippen LogP contribution < -0.4 is 13.8 Å². The highest BCUT2D eigenvalue weighted by molar-refractivity contribution is 7.94. The third-order valence-corrected chi connectivity index (χ3v) is 6.99. The Kier molecular flexibility index (Phi) is 6.84. The number of rotatable bonds is 9. The lowest BCUT2D eigenvalue weighted by atomic mass is 10.3. The van der Waals surface area contributed by atoms with Crippen molar-refractivity contribution in [3.63, 3.8) is 0 Å². The summed E-state index contributed by atoms with van der Waals surface area (Å²) >= 11 is 0. The van der Waals surface area contributed by atoms with Crippen molar-refractivity contribution >= 4 is 31.6 Å². The monoisotopic (exact) mass is 420 g/mol. The first-order valence-electron chi connectivity index (χ1n) is 8.43. The number of carbonyl (C=O) groups excluding carboxylic acids is 1. The first kappa shape index (κ1) is 21.6. The van der Waals surface area contributed by atoms with E-state index in [0.29, 0.717) is 17.3 Å². The van der Waals surface area contributed by atoms with E-state index in [1.165, 1.54) is 19.2 Å². The number of hydrogen-bond acceptors (Lipinski definition) is 7. The molecule has 1 aliphatic heterocycles.